The average Bonchev–Trinajstić information content (AvgIpc) is 3.73. The van der Waals surface area contributed by atoms with Crippen molar-refractivity contribution in [1.29, 1.82) is 0 Å². The van der Waals surface area contributed by atoms with Crippen molar-refractivity contribution in [2.45, 2.75) is 128 Å². The van der Waals surface area contributed by atoms with E-state index in [0.29, 0.717) is 6.42 Å². The standard InChI is InChI=1S/C42H68N12O11/c1-23(2)18-29(40(63)54-17-9-13-32(54)39(62)53-30(41(64)65)19-24(3)4)52-37(60)27(12-8-16-47-42(45)46)51-38(61)31(22-55)49-34(57)21-48-36(59)28(14-15-33(44)56)50-35(58)26(43)20-25-10-6-5-7-11-25/h5-7,10-11,23-24,26-32,55H,8-9,12-22,43H2,1-4H3,(H2,44,56)(H,48,59)(H,49,57)(H,50,58)(H,51,61)(H,52,60)(H,53,62)(H,64,65)(H4,45,46,47)/t26-,27-,28-,29-,30-,31-,32-/m0/s1. The number of carboxylic acid groups (broad SMARTS) is 1. The van der Waals surface area contributed by atoms with E-state index in [1.54, 1.807) is 30.3 Å². The summed E-state index contributed by atoms with van der Waals surface area (Å²) < 4.78 is 0. The molecule has 0 saturated carbocycles. The molecule has 1 heterocycles. The van der Waals surface area contributed by atoms with Crippen molar-refractivity contribution >= 4 is 59.2 Å². The van der Waals surface area contributed by atoms with E-state index >= 15 is 0 Å². The molecule has 1 aliphatic heterocycles. The normalized spacial score (nSPS) is 16.2. The number of nitrogens with one attached hydrogen (secondary N) is 6. The first-order valence-electron chi connectivity index (χ1n) is 21.7. The number of guanidine groups is 1. The van der Waals surface area contributed by atoms with E-state index < -0.39 is 109 Å². The predicted octanol–water partition coefficient (Wildman–Crippen LogP) is -3.42. The summed E-state index contributed by atoms with van der Waals surface area (Å²) in [6.07, 6.45) is 0.742. The van der Waals surface area contributed by atoms with Crippen LogP contribution in [0.25, 0.3) is 0 Å². The molecule has 0 aliphatic carbocycles. The second-order valence-corrected chi connectivity index (χ2v) is 16.8. The quantitative estimate of drug-likeness (QED) is 0.0221. The van der Waals surface area contributed by atoms with E-state index in [1.807, 2.05) is 27.7 Å². The van der Waals surface area contributed by atoms with E-state index in [4.69, 9.17) is 22.9 Å². The Labute approximate surface area is 378 Å². The first kappa shape index (κ1) is 54.8. The number of rotatable bonds is 28. The molecule has 0 unspecified atom stereocenters. The fourth-order valence-corrected chi connectivity index (χ4v) is 7.00. The number of aliphatic carboxylic acids is 1. The van der Waals surface area contributed by atoms with Crippen molar-refractivity contribution in [1.82, 2.24) is 36.8 Å². The Morgan fingerprint density at radius 2 is 1.34 bits per heavy atom. The molecule has 1 aromatic rings. The number of likely N-dealkylation sites (tertiary alicyclic amines) is 1. The number of carbonyl (C=O) groups excluding carboxylic acids is 8. The fraction of sp³-hybridized carbons (Fsp3) is 0.619. The molecule has 0 bridgehead atoms. The van der Waals surface area contributed by atoms with E-state index in [1.165, 1.54) is 4.90 Å². The number of primary amides is 1. The SMILES string of the molecule is CC(C)C[C@H](NC(=O)[C@@H]1CCCN1C(=O)[C@H](CC(C)C)NC(=O)[C@H](CCCN=C(N)N)NC(=O)[C@H](CO)NC(=O)CNC(=O)[C@H](CCC(N)=O)NC(=O)[C@@H](N)Cc1ccccc1)C(=O)O. The molecule has 65 heavy (non-hydrogen) atoms. The molecule has 0 aromatic heterocycles. The third-order valence-corrected chi connectivity index (χ3v) is 10.3. The van der Waals surface area contributed by atoms with Crippen LogP contribution in [0.3, 0.4) is 0 Å². The van der Waals surface area contributed by atoms with Crippen LogP contribution in [0.2, 0.25) is 0 Å². The zero-order valence-corrected chi connectivity index (χ0v) is 37.5. The molecule has 1 saturated heterocycles. The van der Waals surface area contributed by atoms with Crippen LogP contribution in [0.4, 0.5) is 0 Å². The highest BCUT2D eigenvalue weighted by Gasteiger charge is 2.40. The molecule has 362 valence electrons. The van der Waals surface area contributed by atoms with E-state index in [2.05, 4.69) is 36.9 Å². The number of benzene rings is 1. The predicted molar refractivity (Wildman–Crippen MR) is 237 cm³/mol. The minimum atomic E-state index is -1.64. The van der Waals surface area contributed by atoms with Crippen LogP contribution < -0.4 is 54.8 Å². The van der Waals surface area contributed by atoms with Gasteiger partial charge in [0.25, 0.3) is 0 Å². The summed E-state index contributed by atoms with van der Waals surface area (Å²) in [6.45, 7) is 5.79. The van der Waals surface area contributed by atoms with Crippen molar-refractivity contribution < 1.29 is 53.4 Å². The largest absolute Gasteiger partial charge is 0.480 e. The summed E-state index contributed by atoms with van der Waals surface area (Å²) in [6, 6.07) is 0.163. The lowest BCUT2D eigenvalue weighted by molar-refractivity contribution is -0.145. The number of hydrogen-bond donors (Lipinski definition) is 12. The second-order valence-electron chi connectivity index (χ2n) is 16.8. The van der Waals surface area contributed by atoms with Crippen molar-refractivity contribution in [2.24, 2.45) is 39.8 Å². The number of nitrogens with two attached hydrogens (primary N) is 4. The lowest BCUT2D eigenvalue weighted by Crippen LogP contribution is -2.59. The highest BCUT2D eigenvalue weighted by atomic mass is 16.4. The highest BCUT2D eigenvalue weighted by molar-refractivity contribution is 5.97. The number of aliphatic hydroxyl groups excluding tert-OH is 1. The lowest BCUT2D eigenvalue weighted by atomic mass is 10.0. The Morgan fingerprint density at radius 3 is 1.92 bits per heavy atom. The van der Waals surface area contributed by atoms with Gasteiger partial charge in [-0.1, -0.05) is 58.0 Å². The van der Waals surface area contributed by atoms with Crippen LogP contribution >= 0.6 is 0 Å². The molecule has 23 heteroatoms. The van der Waals surface area contributed by atoms with E-state index in [0.717, 1.165) is 5.56 Å². The number of carbonyl (C=O) groups is 9. The molecule has 23 nitrogen and oxygen atoms in total. The van der Waals surface area contributed by atoms with Crippen molar-refractivity contribution in [3.8, 4) is 0 Å². The van der Waals surface area contributed by atoms with Crippen molar-refractivity contribution in [2.75, 3.05) is 26.2 Å². The van der Waals surface area contributed by atoms with Gasteiger partial charge in [-0.3, -0.25) is 43.3 Å². The fourth-order valence-electron chi connectivity index (χ4n) is 7.00. The maximum Gasteiger partial charge on any atom is 0.326 e. The third kappa shape index (κ3) is 19.9. The number of nitrogens with zero attached hydrogens (tertiary/aromatic N) is 2. The van der Waals surface area contributed by atoms with Crippen LogP contribution in [-0.4, -0.2) is 143 Å². The summed E-state index contributed by atoms with van der Waals surface area (Å²) >= 11 is 0. The van der Waals surface area contributed by atoms with Gasteiger partial charge in [-0.05, 0) is 68.8 Å². The second kappa shape index (κ2) is 27.7. The summed E-state index contributed by atoms with van der Waals surface area (Å²) in [5, 5.41) is 34.6. The Bertz CT molecular complexity index is 1830. The van der Waals surface area contributed by atoms with E-state index in [9.17, 15) is 53.4 Å². The van der Waals surface area contributed by atoms with Crippen molar-refractivity contribution in [3.63, 3.8) is 0 Å². The van der Waals surface area contributed by atoms with Gasteiger partial charge >= 0.3 is 5.97 Å². The number of aliphatic hydroxyl groups is 1. The molecule has 1 aromatic carbocycles. The molecule has 1 aliphatic rings. The molecule has 0 spiro atoms. The molecule has 2 rings (SSSR count). The molecular weight excluding hydrogens is 849 g/mol. The maximum absolute atomic E-state index is 14.1. The molecule has 8 amide bonds. The van der Waals surface area contributed by atoms with Gasteiger partial charge in [0.1, 0.15) is 36.3 Å². The van der Waals surface area contributed by atoms with Gasteiger partial charge in [0.2, 0.25) is 47.3 Å². The summed E-state index contributed by atoms with van der Waals surface area (Å²) in [5.41, 5.74) is 23.0. The number of hydrogen-bond acceptors (Lipinski definition) is 12. The number of carboxylic acids is 1. The van der Waals surface area contributed by atoms with Gasteiger partial charge in [0.15, 0.2) is 5.96 Å². The lowest BCUT2D eigenvalue weighted by Gasteiger charge is -2.31. The van der Waals surface area contributed by atoms with Gasteiger partial charge in [-0.15, -0.1) is 0 Å². The monoisotopic (exact) mass is 917 g/mol. The third-order valence-electron chi connectivity index (χ3n) is 10.3. The Balaban J connectivity index is 2.19. The average molecular weight is 917 g/mol. The van der Waals surface area contributed by atoms with Gasteiger partial charge < -0.3 is 69.9 Å². The first-order valence-corrected chi connectivity index (χ1v) is 21.7. The number of aliphatic imine (C=N–C) groups is 1. The minimum Gasteiger partial charge on any atom is -0.480 e. The van der Waals surface area contributed by atoms with Crippen LogP contribution in [0.5, 0.6) is 0 Å². The minimum absolute atomic E-state index is 0.0363. The van der Waals surface area contributed by atoms with Crippen LogP contribution in [-0.2, 0) is 49.6 Å². The van der Waals surface area contributed by atoms with Gasteiger partial charge in [-0.25, -0.2) is 4.79 Å². The van der Waals surface area contributed by atoms with Crippen LogP contribution in [0, 0.1) is 11.8 Å². The molecule has 1 fully saturated rings. The topological polar surface area (TPSA) is 386 Å². The zero-order chi connectivity index (χ0) is 48.8. The molecule has 16 N–H and O–H groups in total. The van der Waals surface area contributed by atoms with Gasteiger partial charge in [0, 0.05) is 19.5 Å². The van der Waals surface area contributed by atoms with Gasteiger partial charge in [0.05, 0.1) is 19.2 Å². The molecular formula is C42H68N12O11. The Kier molecular flexibility index (Phi) is 23.4. The highest BCUT2D eigenvalue weighted by Crippen LogP contribution is 2.21. The smallest absolute Gasteiger partial charge is 0.326 e. The summed E-state index contributed by atoms with van der Waals surface area (Å²) in [4.78, 5) is 122. The summed E-state index contributed by atoms with van der Waals surface area (Å²) in [5.74, 6) is -7.91. The zero-order valence-electron chi connectivity index (χ0n) is 37.5. The maximum atomic E-state index is 14.1. The molecule has 7 atom stereocenters. The molecule has 0 radical (unpaired) electrons. The number of amides is 8. The van der Waals surface area contributed by atoms with E-state index in [-0.39, 0.29) is 82.3 Å². The van der Waals surface area contributed by atoms with Crippen molar-refractivity contribution in [3.05, 3.63) is 35.9 Å². The van der Waals surface area contributed by atoms with Crippen LogP contribution in [0.1, 0.15) is 84.6 Å². The Hall–Kier alpha value is -6.36. The van der Waals surface area contributed by atoms with Gasteiger partial charge in [-0.2, -0.15) is 0 Å². The Morgan fingerprint density at radius 1 is 0.754 bits per heavy atom. The van der Waals surface area contributed by atoms with Crippen LogP contribution in [0.15, 0.2) is 35.3 Å². The summed E-state index contributed by atoms with van der Waals surface area (Å²) in [7, 11) is 0. The first-order chi connectivity index (χ1) is 30.6.